The first-order chi connectivity index (χ1) is 13.9. The van der Waals surface area contributed by atoms with Gasteiger partial charge in [0.1, 0.15) is 11.6 Å². The summed E-state index contributed by atoms with van der Waals surface area (Å²) in [6.07, 6.45) is 0.827. The van der Waals surface area contributed by atoms with Gasteiger partial charge in [-0.05, 0) is 54.1 Å². The van der Waals surface area contributed by atoms with E-state index in [1.165, 1.54) is 6.07 Å². The van der Waals surface area contributed by atoms with Crippen LogP contribution < -0.4 is 17.0 Å². The van der Waals surface area contributed by atoms with Crippen LogP contribution in [0.15, 0.2) is 65.5 Å². The summed E-state index contributed by atoms with van der Waals surface area (Å²) in [6, 6.07) is 19.4. The second-order valence-corrected chi connectivity index (χ2v) is 6.83. The predicted molar refractivity (Wildman–Crippen MR) is 120 cm³/mol. The van der Waals surface area contributed by atoms with Crippen LogP contribution in [-0.4, -0.2) is 14.5 Å². The van der Waals surface area contributed by atoms with E-state index in [0.29, 0.717) is 0 Å². The summed E-state index contributed by atoms with van der Waals surface area (Å²) in [4.78, 5) is 20.1. The molecule has 0 aliphatic rings. The minimum atomic E-state index is 0.0728. The van der Waals surface area contributed by atoms with Crippen LogP contribution in [0.2, 0.25) is 5.28 Å². The van der Waals surface area contributed by atoms with E-state index in [1.54, 1.807) is 0 Å². The lowest BCUT2D eigenvalue weighted by molar-refractivity contribution is 0.888. The third-order valence-corrected chi connectivity index (χ3v) is 4.62. The van der Waals surface area contributed by atoms with Crippen molar-refractivity contribution in [3.63, 3.8) is 0 Å². The number of pyridine rings is 1. The quantitative estimate of drug-likeness (QED) is 0.486. The van der Waals surface area contributed by atoms with E-state index >= 15 is 0 Å². The Morgan fingerprint density at radius 3 is 2.21 bits per heavy atom. The van der Waals surface area contributed by atoms with Gasteiger partial charge in [-0.3, -0.25) is 9.36 Å². The molecule has 0 amide bonds. The maximum Gasteiger partial charge on any atom is 0.263 e. The number of nitrogens with two attached hydrogens (primary N) is 2. The number of rotatable bonds is 2. The van der Waals surface area contributed by atoms with Crippen LogP contribution in [-0.2, 0) is 6.42 Å². The minimum Gasteiger partial charge on any atom is -0.383 e. The summed E-state index contributed by atoms with van der Waals surface area (Å²) in [7, 11) is 0. The lowest BCUT2D eigenvalue weighted by atomic mass is 10.1. The van der Waals surface area contributed by atoms with Crippen LogP contribution in [0.1, 0.15) is 18.2 Å². The van der Waals surface area contributed by atoms with Crippen molar-refractivity contribution in [3.05, 3.63) is 87.6 Å². The molecule has 0 bridgehead atoms. The highest BCUT2D eigenvalue weighted by Crippen LogP contribution is 2.19. The number of hydrogen-bond donors (Lipinski definition) is 2. The third kappa shape index (κ3) is 4.55. The number of anilines is 2. The molecule has 0 aliphatic carbocycles. The highest BCUT2D eigenvalue weighted by molar-refractivity contribution is 6.28. The molecule has 7 heteroatoms. The van der Waals surface area contributed by atoms with E-state index in [-0.39, 0.29) is 22.5 Å². The molecule has 0 fully saturated rings. The fourth-order valence-corrected chi connectivity index (χ4v) is 3.36. The Kier molecular flexibility index (Phi) is 6.14. The topological polar surface area (TPSA) is 99.8 Å². The van der Waals surface area contributed by atoms with Gasteiger partial charge in [0, 0.05) is 17.4 Å². The maximum atomic E-state index is 12.9. The monoisotopic (exact) mass is 407 g/mol. The van der Waals surface area contributed by atoms with E-state index in [9.17, 15) is 4.79 Å². The molecule has 6 nitrogen and oxygen atoms in total. The molecule has 4 N–H and O–H groups in total. The van der Waals surface area contributed by atoms with Gasteiger partial charge in [0.25, 0.3) is 5.56 Å². The zero-order valence-corrected chi connectivity index (χ0v) is 17.0. The second kappa shape index (κ2) is 8.75. The molecule has 2 heterocycles. The first-order valence-electron chi connectivity index (χ1n) is 9.16. The number of fused-ring (bicyclic) bond motifs is 1. The van der Waals surface area contributed by atoms with Crippen molar-refractivity contribution in [2.24, 2.45) is 0 Å². The van der Waals surface area contributed by atoms with E-state index in [2.05, 4.69) is 23.0 Å². The molecule has 4 rings (SSSR count). The van der Waals surface area contributed by atoms with Crippen LogP contribution >= 0.6 is 11.6 Å². The molecule has 0 saturated carbocycles. The SMILES string of the molecule is CCc1cc2cccc(C)c2c(=O)n1-c1ccccc1.Nc1cc(N)nc(Cl)n1. The largest absolute Gasteiger partial charge is 0.383 e. The Hall–Kier alpha value is -3.38. The van der Waals surface area contributed by atoms with Crippen molar-refractivity contribution in [3.8, 4) is 5.69 Å². The summed E-state index contributed by atoms with van der Waals surface area (Å²) in [6.45, 7) is 4.07. The molecule has 0 atom stereocenters. The maximum absolute atomic E-state index is 12.9. The minimum absolute atomic E-state index is 0.0728. The van der Waals surface area contributed by atoms with Crippen LogP contribution in [0.25, 0.3) is 16.5 Å². The van der Waals surface area contributed by atoms with Crippen LogP contribution in [0, 0.1) is 6.92 Å². The molecule has 4 aromatic rings. The first kappa shape index (κ1) is 20.4. The summed E-state index contributed by atoms with van der Waals surface area (Å²) < 4.78 is 1.83. The van der Waals surface area contributed by atoms with E-state index in [4.69, 9.17) is 23.1 Å². The average Bonchev–Trinajstić information content (AvgIpc) is 2.67. The standard InChI is InChI=1S/C18H17NO.C4H5ClN4/c1-3-15-12-14-9-7-8-13(2)17(14)18(20)19(15)16-10-5-4-6-11-16;5-4-8-2(6)1-3(7)9-4/h4-12H,3H2,1-2H3;1H,(H4,6,7,8,9). The summed E-state index contributed by atoms with van der Waals surface area (Å²) in [5.41, 5.74) is 13.6. The Morgan fingerprint density at radius 1 is 0.966 bits per heavy atom. The van der Waals surface area contributed by atoms with Crippen molar-refractivity contribution >= 4 is 34.0 Å². The molecule has 0 aliphatic heterocycles. The normalized spacial score (nSPS) is 10.4. The molecule has 2 aromatic carbocycles. The molecule has 0 saturated heterocycles. The van der Waals surface area contributed by atoms with Crippen LogP contribution in [0.4, 0.5) is 11.6 Å². The smallest absolute Gasteiger partial charge is 0.263 e. The first-order valence-corrected chi connectivity index (χ1v) is 9.53. The van der Waals surface area contributed by atoms with Gasteiger partial charge in [-0.15, -0.1) is 0 Å². The van der Waals surface area contributed by atoms with Gasteiger partial charge < -0.3 is 11.5 Å². The van der Waals surface area contributed by atoms with Gasteiger partial charge in [0.15, 0.2) is 0 Å². The van der Waals surface area contributed by atoms with Gasteiger partial charge in [0.05, 0.1) is 5.39 Å². The third-order valence-electron chi connectivity index (χ3n) is 4.45. The van der Waals surface area contributed by atoms with Crippen molar-refractivity contribution in [2.75, 3.05) is 11.5 Å². The van der Waals surface area contributed by atoms with Crippen molar-refractivity contribution < 1.29 is 0 Å². The van der Waals surface area contributed by atoms with Crippen molar-refractivity contribution in [2.45, 2.75) is 20.3 Å². The van der Waals surface area contributed by atoms with Crippen LogP contribution in [0.5, 0.6) is 0 Å². The van der Waals surface area contributed by atoms with Crippen LogP contribution in [0.3, 0.4) is 0 Å². The summed E-state index contributed by atoms with van der Waals surface area (Å²) in [5, 5.41) is 1.92. The Bertz CT molecular complexity index is 1150. The van der Waals surface area contributed by atoms with Crippen molar-refractivity contribution in [1.82, 2.24) is 14.5 Å². The number of nitrogen functional groups attached to an aromatic ring is 2. The molecular formula is C22H22ClN5O. The van der Waals surface area contributed by atoms with E-state index < -0.39 is 0 Å². The molecule has 2 aromatic heterocycles. The fourth-order valence-electron chi connectivity index (χ4n) is 3.16. The van der Waals surface area contributed by atoms with Gasteiger partial charge >= 0.3 is 0 Å². The fraction of sp³-hybridized carbons (Fsp3) is 0.136. The lowest BCUT2D eigenvalue weighted by Gasteiger charge is -2.14. The van der Waals surface area contributed by atoms with Crippen molar-refractivity contribution in [1.29, 1.82) is 0 Å². The lowest BCUT2D eigenvalue weighted by Crippen LogP contribution is -2.22. The Balaban J connectivity index is 0.000000224. The van der Waals surface area contributed by atoms with Gasteiger partial charge in [-0.1, -0.05) is 43.3 Å². The van der Waals surface area contributed by atoms with Gasteiger partial charge in [0.2, 0.25) is 5.28 Å². The number of aryl methyl sites for hydroxylation is 2. The molecular weight excluding hydrogens is 386 g/mol. The number of halogens is 1. The number of hydrogen-bond acceptors (Lipinski definition) is 5. The van der Waals surface area contributed by atoms with E-state index in [0.717, 1.165) is 34.1 Å². The average molecular weight is 408 g/mol. The van der Waals surface area contributed by atoms with Gasteiger partial charge in [-0.2, -0.15) is 0 Å². The summed E-state index contributed by atoms with van der Waals surface area (Å²) >= 11 is 5.37. The van der Waals surface area contributed by atoms with Gasteiger partial charge in [-0.25, -0.2) is 9.97 Å². The predicted octanol–water partition coefficient (Wildman–Crippen LogP) is 4.16. The Morgan fingerprint density at radius 2 is 1.62 bits per heavy atom. The highest BCUT2D eigenvalue weighted by atomic mass is 35.5. The highest BCUT2D eigenvalue weighted by Gasteiger charge is 2.11. The molecule has 0 radical (unpaired) electrons. The summed E-state index contributed by atoms with van der Waals surface area (Å²) in [5.74, 6) is 0.569. The molecule has 0 unspecified atom stereocenters. The number of aromatic nitrogens is 3. The van der Waals surface area contributed by atoms with E-state index in [1.807, 2.05) is 60.0 Å². The number of nitrogens with zero attached hydrogens (tertiary/aromatic N) is 3. The number of para-hydroxylation sites is 1. The molecule has 29 heavy (non-hydrogen) atoms. The molecule has 148 valence electrons. The zero-order valence-electron chi connectivity index (χ0n) is 16.3. The molecule has 0 spiro atoms. The number of benzene rings is 2. The zero-order chi connectivity index (χ0) is 21.0. The Labute approximate surface area is 173 Å². The second-order valence-electron chi connectivity index (χ2n) is 6.49.